The summed E-state index contributed by atoms with van der Waals surface area (Å²) in [5.41, 5.74) is 1.12. The predicted octanol–water partition coefficient (Wildman–Crippen LogP) is 1.80. The second-order valence-electron chi connectivity index (χ2n) is 3.50. The van der Waals surface area contributed by atoms with Crippen LogP contribution in [0.2, 0.25) is 0 Å². The van der Waals surface area contributed by atoms with Gasteiger partial charge in [-0.15, -0.1) is 6.58 Å². The van der Waals surface area contributed by atoms with Crippen LogP contribution in [0.15, 0.2) is 43.0 Å². The van der Waals surface area contributed by atoms with E-state index in [1.165, 1.54) is 0 Å². The number of nitrogens with zero attached hydrogens (tertiary/aromatic N) is 1. The summed E-state index contributed by atoms with van der Waals surface area (Å²) in [6.45, 7) is 5.12. The molecule has 0 spiro atoms. The number of hydrogen-bond donors (Lipinski definition) is 0. The van der Waals surface area contributed by atoms with Crippen LogP contribution in [0, 0.1) is 0 Å². The number of likely N-dealkylation sites (tertiary alicyclic amines) is 1. The zero-order valence-electron chi connectivity index (χ0n) is 8.02. The standard InChI is InChI=1S/C12H13NO/c1-2-8-13-9-11(12(13)14)10-6-4-3-5-7-10/h2-7,11H,1,8-9H2. The molecule has 72 valence electrons. The lowest BCUT2D eigenvalue weighted by Gasteiger charge is -2.38. The SMILES string of the molecule is C=CCN1CC(c2ccccc2)C1=O. The summed E-state index contributed by atoms with van der Waals surface area (Å²) in [4.78, 5) is 13.4. The van der Waals surface area contributed by atoms with Gasteiger partial charge < -0.3 is 4.90 Å². The minimum absolute atomic E-state index is 0.0798. The molecule has 1 amide bonds. The number of carbonyl (C=O) groups is 1. The topological polar surface area (TPSA) is 20.3 Å². The van der Waals surface area contributed by atoms with E-state index in [0.717, 1.165) is 12.1 Å². The van der Waals surface area contributed by atoms with E-state index in [9.17, 15) is 4.79 Å². The number of benzene rings is 1. The van der Waals surface area contributed by atoms with Gasteiger partial charge >= 0.3 is 0 Å². The van der Waals surface area contributed by atoms with Crippen molar-refractivity contribution in [3.8, 4) is 0 Å². The minimum Gasteiger partial charge on any atom is -0.337 e. The van der Waals surface area contributed by atoms with Crippen LogP contribution in [0.25, 0.3) is 0 Å². The molecule has 14 heavy (non-hydrogen) atoms. The first kappa shape index (κ1) is 9.00. The van der Waals surface area contributed by atoms with Crippen molar-refractivity contribution in [1.29, 1.82) is 0 Å². The number of carbonyl (C=O) groups excluding carboxylic acids is 1. The molecule has 1 fully saturated rings. The molecule has 1 aromatic carbocycles. The monoisotopic (exact) mass is 187 g/mol. The maximum atomic E-state index is 11.6. The number of β-lactam (4-membered cyclic amide) rings is 1. The smallest absolute Gasteiger partial charge is 0.232 e. The van der Waals surface area contributed by atoms with E-state index in [-0.39, 0.29) is 11.8 Å². The zero-order chi connectivity index (χ0) is 9.97. The minimum atomic E-state index is 0.0798. The Labute approximate surface area is 83.8 Å². The highest BCUT2D eigenvalue weighted by atomic mass is 16.2. The van der Waals surface area contributed by atoms with E-state index in [1.807, 2.05) is 35.2 Å². The summed E-state index contributed by atoms with van der Waals surface area (Å²) in [5.74, 6) is 0.298. The lowest BCUT2D eigenvalue weighted by Crippen LogP contribution is -2.50. The molecule has 1 aliphatic heterocycles. The van der Waals surface area contributed by atoms with Gasteiger partial charge in [-0.1, -0.05) is 36.4 Å². The molecule has 1 atom stereocenters. The zero-order valence-corrected chi connectivity index (χ0v) is 8.02. The van der Waals surface area contributed by atoms with Gasteiger partial charge in [-0.3, -0.25) is 4.79 Å². The van der Waals surface area contributed by atoms with Crippen LogP contribution in [-0.2, 0) is 4.79 Å². The van der Waals surface area contributed by atoms with Gasteiger partial charge in [0.15, 0.2) is 0 Å². The van der Waals surface area contributed by atoms with Crippen LogP contribution in [0.5, 0.6) is 0 Å². The van der Waals surface area contributed by atoms with Crippen molar-refractivity contribution in [1.82, 2.24) is 4.90 Å². The molecule has 0 bridgehead atoms. The fourth-order valence-corrected chi connectivity index (χ4v) is 1.75. The van der Waals surface area contributed by atoms with E-state index in [1.54, 1.807) is 6.08 Å². The van der Waals surface area contributed by atoms with Crippen molar-refractivity contribution in [2.45, 2.75) is 5.92 Å². The molecule has 2 rings (SSSR count). The Hall–Kier alpha value is -1.57. The normalized spacial score (nSPS) is 20.4. The van der Waals surface area contributed by atoms with Gasteiger partial charge in [-0.2, -0.15) is 0 Å². The Morgan fingerprint density at radius 2 is 2.14 bits per heavy atom. The summed E-state index contributed by atoms with van der Waals surface area (Å²) in [6, 6.07) is 9.92. The fourth-order valence-electron chi connectivity index (χ4n) is 1.75. The Kier molecular flexibility index (Phi) is 2.35. The van der Waals surface area contributed by atoms with Crippen molar-refractivity contribution in [2.75, 3.05) is 13.1 Å². The summed E-state index contributed by atoms with van der Waals surface area (Å²) in [7, 11) is 0. The van der Waals surface area contributed by atoms with Crippen molar-refractivity contribution in [3.63, 3.8) is 0 Å². The third-order valence-corrected chi connectivity index (χ3v) is 2.56. The molecule has 2 heteroatoms. The summed E-state index contributed by atoms with van der Waals surface area (Å²) in [5, 5.41) is 0. The van der Waals surface area contributed by atoms with E-state index < -0.39 is 0 Å². The largest absolute Gasteiger partial charge is 0.337 e. The summed E-state index contributed by atoms with van der Waals surface area (Å²) < 4.78 is 0. The van der Waals surface area contributed by atoms with Gasteiger partial charge in [-0.05, 0) is 5.56 Å². The molecule has 1 unspecified atom stereocenters. The van der Waals surface area contributed by atoms with E-state index in [2.05, 4.69) is 6.58 Å². The third-order valence-electron chi connectivity index (χ3n) is 2.56. The van der Waals surface area contributed by atoms with Crippen molar-refractivity contribution >= 4 is 5.91 Å². The van der Waals surface area contributed by atoms with Crippen LogP contribution >= 0.6 is 0 Å². The lowest BCUT2D eigenvalue weighted by molar-refractivity contribution is -0.141. The molecule has 0 aliphatic carbocycles. The maximum absolute atomic E-state index is 11.6. The van der Waals surface area contributed by atoms with Crippen LogP contribution in [0.3, 0.4) is 0 Å². The second-order valence-corrected chi connectivity index (χ2v) is 3.50. The molecule has 1 saturated heterocycles. The average molecular weight is 187 g/mol. The molecule has 0 N–H and O–H groups in total. The molecule has 0 saturated carbocycles. The molecule has 0 radical (unpaired) electrons. The Bertz CT molecular complexity index is 345. The Balaban J connectivity index is 2.05. The van der Waals surface area contributed by atoms with Gasteiger partial charge in [0, 0.05) is 13.1 Å². The molecule has 1 heterocycles. The molecular weight excluding hydrogens is 174 g/mol. The number of amides is 1. The average Bonchev–Trinajstić information content (AvgIpc) is 2.24. The summed E-state index contributed by atoms with van der Waals surface area (Å²) in [6.07, 6.45) is 1.76. The highest BCUT2D eigenvalue weighted by Crippen LogP contribution is 2.27. The van der Waals surface area contributed by atoms with Crippen LogP contribution in [0.4, 0.5) is 0 Å². The first-order chi connectivity index (χ1) is 6.83. The molecule has 2 nitrogen and oxygen atoms in total. The molecule has 0 aromatic heterocycles. The highest BCUT2D eigenvalue weighted by Gasteiger charge is 2.36. The predicted molar refractivity (Wildman–Crippen MR) is 56.0 cm³/mol. The van der Waals surface area contributed by atoms with Crippen LogP contribution in [-0.4, -0.2) is 23.9 Å². The molecule has 1 aromatic rings. The van der Waals surface area contributed by atoms with E-state index >= 15 is 0 Å². The van der Waals surface area contributed by atoms with Crippen molar-refractivity contribution in [2.24, 2.45) is 0 Å². The van der Waals surface area contributed by atoms with Gasteiger partial charge in [0.2, 0.25) is 5.91 Å². The Morgan fingerprint density at radius 1 is 1.43 bits per heavy atom. The summed E-state index contributed by atoms with van der Waals surface area (Å²) >= 11 is 0. The van der Waals surface area contributed by atoms with Gasteiger partial charge in [0.1, 0.15) is 0 Å². The van der Waals surface area contributed by atoms with Crippen molar-refractivity contribution < 1.29 is 4.79 Å². The van der Waals surface area contributed by atoms with Crippen molar-refractivity contribution in [3.05, 3.63) is 48.6 Å². The van der Waals surface area contributed by atoms with Gasteiger partial charge in [-0.25, -0.2) is 0 Å². The first-order valence-corrected chi connectivity index (χ1v) is 4.77. The third kappa shape index (κ3) is 1.43. The second kappa shape index (κ2) is 3.66. The molecule has 1 aliphatic rings. The van der Waals surface area contributed by atoms with E-state index in [4.69, 9.17) is 0 Å². The van der Waals surface area contributed by atoms with Crippen LogP contribution in [0.1, 0.15) is 11.5 Å². The number of hydrogen-bond acceptors (Lipinski definition) is 1. The maximum Gasteiger partial charge on any atom is 0.232 e. The molecular formula is C12H13NO. The number of rotatable bonds is 3. The lowest BCUT2D eigenvalue weighted by atomic mass is 9.90. The first-order valence-electron chi connectivity index (χ1n) is 4.77. The highest BCUT2D eigenvalue weighted by molar-refractivity contribution is 5.89. The quantitative estimate of drug-likeness (QED) is 0.522. The van der Waals surface area contributed by atoms with Gasteiger partial charge in [0.05, 0.1) is 5.92 Å². The van der Waals surface area contributed by atoms with Gasteiger partial charge in [0.25, 0.3) is 0 Å². The fraction of sp³-hybridized carbons (Fsp3) is 0.250. The Morgan fingerprint density at radius 3 is 2.71 bits per heavy atom. The van der Waals surface area contributed by atoms with E-state index in [0.29, 0.717) is 6.54 Å². The van der Waals surface area contributed by atoms with Crippen LogP contribution < -0.4 is 0 Å².